The summed E-state index contributed by atoms with van der Waals surface area (Å²) in [6, 6.07) is 8.75. The standard InChI is InChI=1S/C46H59N7O7S/c1-9-40(54)51-22-30(23-51)59-24-34(27(3)4)43(55)49-36-20-39-48-37(25-61-39)29-15-16-38-32(19-29)33(42(52(38)10-2)31-13-11-17-47-41(31)28(5)58-8)21-46(6,7)26-60-45(57)35-14-12-18-53(50-35)44(36)56/h9,11,13,15-17,19,25,27-28,30,34-36,50H,1,10,12,14,18,20-24,26H2,2-8H3,(H,49,55)/t28-,34-,35-,36-/m0/s1. The van der Waals surface area contributed by atoms with Crippen LogP contribution in [-0.4, -0.2) is 106 Å². The number of rotatable bonds is 11. The Balaban J connectivity index is 1.25. The van der Waals surface area contributed by atoms with E-state index in [1.54, 1.807) is 18.2 Å². The first-order chi connectivity index (χ1) is 29.2. The van der Waals surface area contributed by atoms with E-state index in [-0.39, 0.29) is 55.5 Å². The molecule has 0 saturated carbocycles. The molecule has 1 aromatic carbocycles. The summed E-state index contributed by atoms with van der Waals surface area (Å²) in [5, 5.41) is 8.27. The fraction of sp³-hybridized carbons (Fsp3) is 0.522. The monoisotopic (exact) mass is 853 g/mol. The lowest BCUT2D eigenvalue weighted by atomic mass is 9.84. The molecule has 3 aromatic heterocycles. The molecule has 0 aliphatic carbocycles. The van der Waals surface area contributed by atoms with Crippen LogP contribution in [0.2, 0.25) is 0 Å². The number of cyclic esters (lactones) is 1. The number of carbonyl (C=O) groups is 4. The van der Waals surface area contributed by atoms with Gasteiger partial charge in [-0.15, -0.1) is 11.3 Å². The minimum Gasteiger partial charge on any atom is -0.464 e. The van der Waals surface area contributed by atoms with Gasteiger partial charge >= 0.3 is 5.97 Å². The highest BCUT2D eigenvalue weighted by atomic mass is 32.1. The van der Waals surface area contributed by atoms with Crippen LogP contribution < -0.4 is 10.7 Å². The summed E-state index contributed by atoms with van der Waals surface area (Å²) in [4.78, 5) is 65.8. The number of fused-ring (bicyclic) bond motifs is 6. The molecule has 2 saturated heterocycles. The number of aryl methyl sites for hydroxylation is 1. The van der Waals surface area contributed by atoms with Gasteiger partial charge in [-0.2, -0.15) is 0 Å². The number of pyridine rings is 1. The Bertz CT molecular complexity index is 2280. The molecule has 3 aliphatic heterocycles. The fourth-order valence-corrected chi connectivity index (χ4v) is 9.36. The molecule has 15 heteroatoms. The van der Waals surface area contributed by atoms with Gasteiger partial charge in [-0.25, -0.2) is 10.4 Å². The number of benzene rings is 1. The van der Waals surface area contributed by atoms with Gasteiger partial charge in [-0.05, 0) is 74.9 Å². The number of hydrogen-bond donors (Lipinski definition) is 2. The van der Waals surface area contributed by atoms with Crippen LogP contribution in [-0.2, 0) is 52.8 Å². The van der Waals surface area contributed by atoms with E-state index in [4.69, 9.17) is 24.2 Å². The minimum atomic E-state index is -0.976. The average Bonchev–Trinajstić information content (AvgIpc) is 3.83. The van der Waals surface area contributed by atoms with Crippen molar-refractivity contribution in [2.75, 3.05) is 40.0 Å². The summed E-state index contributed by atoms with van der Waals surface area (Å²) in [5.74, 6) is -1.91. The molecule has 3 amide bonds. The highest BCUT2D eigenvalue weighted by molar-refractivity contribution is 7.10. The number of likely N-dealkylation sites (tertiary alicyclic amines) is 1. The zero-order valence-corrected chi connectivity index (χ0v) is 37.2. The number of carbonyl (C=O) groups excluding carboxylic acids is 4. The van der Waals surface area contributed by atoms with Gasteiger partial charge in [0.25, 0.3) is 5.91 Å². The van der Waals surface area contributed by atoms with Crippen LogP contribution >= 0.6 is 11.3 Å². The molecule has 7 rings (SSSR count). The van der Waals surface area contributed by atoms with Gasteiger partial charge in [0.15, 0.2) is 0 Å². The van der Waals surface area contributed by atoms with Crippen LogP contribution in [0.4, 0.5) is 0 Å². The molecule has 2 N–H and O–H groups in total. The lowest BCUT2D eigenvalue weighted by Crippen LogP contribution is -2.61. The molecule has 2 fully saturated rings. The molecular weight excluding hydrogens is 795 g/mol. The summed E-state index contributed by atoms with van der Waals surface area (Å²) in [5.41, 5.74) is 9.43. The van der Waals surface area contributed by atoms with Gasteiger partial charge in [0.2, 0.25) is 11.8 Å². The number of esters is 1. The molecule has 6 bridgehead atoms. The predicted octanol–water partition coefficient (Wildman–Crippen LogP) is 5.89. The Hall–Kier alpha value is -4.96. The van der Waals surface area contributed by atoms with E-state index in [2.05, 4.69) is 66.9 Å². The van der Waals surface area contributed by atoms with E-state index < -0.39 is 29.4 Å². The first kappa shape index (κ1) is 44.1. The summed E-state index contributed by atoms with van der Waals surface area (Å²) < 4.78 is 20.3. The van der Waals surface area contributed by atoms with Crippen molar-refractivity contribution in [3.05, 3.63) is 70.8 Å². The third kappa shape index (κ3) is 9.44. The Labute approximate surface area is 362 Å². The molecule has 4 aromatic rings. The van der Waals surface area contributed by atoms with Gasteiger partial charge < -0.3 is 29.0 Å². The van der Waals surface area contributed by atoms with Crippen molar-refractivity contribution >= 4 is 45.9 Å². The van der Waals surface area contributed by atoms with Gasteiger partial charge in [0, 0.05) is 78.7 Å². The van der Waals surface area contributed by atoms with E-state index in [9.17, 15) is 19.2 Å². The number of aromatic nitrogens is 3. The molecule has 0 radical (unpaired) electrons. The van der Waals surface area contributed by atoms with Gasteiger partial charge in [-0.1, -0.05) is 40.3 Å². The highest BCUT2D eigenvalue weighted by Crippen LogP contribution is 2.42. The molecule has 0 spiro atoms. The van der Waals surface area contributed by atoms with Crippen LogP contribution in [0.3, 0.4) is 0 Å². The number of hydrazine groups is 1. The lowest BCUT2D eigenvalue weighted by Gasteiger charge is -2.39. The lowest BCUT2D eigenvalue weighted by molar-refractivity contribution is -0.155. The van der Waals surface area contributed by atoms with Gasteiger partial charge in [0.1, 0.15) is 12.1 Å². The number of nitrogens with zero attached hydrogens (tertiary/aromatic N) is 5. The topological polar surface area (TPSA) is 157 Å². The van der Waals surface area contributed by atoms with Crippen molar-refractivity contribution in [3.63, 3.8) is 0 Å². The van der Waals surface area contributed by atoms with E-state index in [1.807, 2.05) is 32.2 Å². The van der Waals surface area contributed by atoms with E-state index >= 15 is 0 Å². The second-order valence-electron chi connectivity index (χ2n) is 17.5. The van der Waals surface area contributed by atoms with E-state index in [0.717, 1.165) is 44.7 Å². The molecule has 4 atom stereocenters. The number of thiazole rings is 1. The molecule has 6 heterocycles. The molecule has 3 aliphatic rings. The Morgan fingerprint density at radius 2 is 1.97 bits per heavy atom. The fourth-order valence-electron chi connectivity index (χ4n) is 8.51. The zero-order valence-electron chi connectivity index (χ0n) is 36.4. The van der Waals surface area contributed by atoms with Crippen LogP contribution in [0.5, 0.6) is 0 Å². The van der Waals surface area contributed by atoms with Crippen molar-refractivity contribution < 1.29 is 33.4 Å². The van der Waals surface area contributed by atoms with Crippen LogP contribution in [0, 0.1) is 17.3 Å². The number of ether oxygens (including phenoxy) is 3. The van der Waals surface area contributed by atoms with Crippen LogP contribution in [0.15, 0.2) is 54.6 Å². The zero-order chi connectivity index (χ0) is 43.6. The average molecular weight is 854 g/mol. The summed E-state index contributed by atoms with van der Waals surface area (Å²) in [6.07, 6.45) is 4.47. The first-order valence-corrected chi connectivity index (χ1v) is 22.2. The predicted molar refractivity (Wildman–Crippen MR) is 234 cm³/mol. The SMILES string of the molecule is C=CC(=O)N1CC(OC[C@H](C(=O)N[C@H]2Cc3nc(cs3)-c3ccc4c(c3)c(c(-c3cccnc3[C@H](C)OC)n4CC)CC(C)(C)COC(=O)[C@@H]3CCCN(N3)C2=O)C(C)C)C1. The molecular formula is C46H59N7O7S. The number of hydrogen-bond acceptors (Lipinski definition) is 11. The van der Waals surface area contributed by atoms with Crippen LogP contribution in [0.25, 0.3) is 33.4 Å². The maximum atomic E-state index is 14.4. The van der Waals surface area contributed by atoms with Crippen molar-refractivity contribution in [2.45, 2.75) is 98.1 Å². The number of methoxy groups -OCH3 is 1. The van der Waals surface area contributed by atoms with Crippen molar-refractivity contribution in [1.29, 1.82) is 0 Å². The molecule has 61 heavy (non-hydrogen) atoms. The quantitative estimate of drug-likeness (QED) is 0.138. The molecule has 326 valence electrons. The number of amides is 3. The van der Waals surface area contributed by atoms with Gasteiger partial charge in [0.05, 0.1) is 53.4 Å². The van der Waals surface area contributed by atoms with Crippen molar-refractivity contribution in [2.24, 2.45) is 17.3 Å². The first-order valence-electron chi connectivity index (χ1n) is 21.4. The normalized spacial score (nSPS) is 20.8. The third-order valence-corrected chi connectivity index (χ3v) is 13.0. The smallest absolute Gasteiger partial charge is 0.324 e. The second-order valence-corrected chi connectivity index (χ2v) is 18.5. The van der Waals surface area contributed by atoms with Gasteiger partial charge in [-0.3, -0.25) is 29.2 Å². The molecule has 14 nitrogen and oxygen atoms in total. The highest BCUT2D eigenvalue weighted by Gasteiger charge is 2.38. The van der Waals surface area contributed by atoms with Crippen LogP contribution in [0.1, 0.15) is 76.8 Å². The summed E-state index contributed by atoms with van der Waals surface area (Å²) >= 11 is 1.44. The largest absolute Gasteiger partial charge is 0.464 e. The second kappa shape index (κ2) is 18.6. The Kier molecular flexibility index (Phi) is 13.4. The maximum absolute atomic E-state index is 14.4. The van der Waals surface area contributed by atoms with Crippen molar-refractivity contribution in [3.8, 4) is 22.5 Å². The number of nitrogens with one attached hydrogen (secondary N) is 2. The molecule has 0 unspecified atom stereocenters. The summed E-state index contributed by atoms with van der Waals surface area (Å²) in [7, 11) is 1.69. The van der Waals surface area contributed by atoms with E-state index in [1.165, 1.54) is 22.4 Å². The maximum Gasteiger partial charge on any atom is 0.324 e. The van der Waals surface area contributed by atoms with Crippen molar-refractivity contribution in [1.82, 2.24) is 35.2 Å². The Morgan fingerprint density at radius 1 is 1.18 bits per heavy atom. The third-order valence-electron chi connectivity index (χ3n) is 12.1. The Morgan fingerprint density at radius 3 is 2.69 bits per heavy atom. The van der Waals surface area contributed by atoms with E-state index in [0.29, 0.717) is 50.4 Å². The minimum absolute atomic E-state index is 0.0979. The summed E-state index contributed by atoms with van der Waals surface area (Å²) in [6.45, 7) is 18.0.